The summed E-state index contributed by atoms with van der Waals surface area (Å²) in [5.74, 6) is 1.37. The lowest BCUT2D eigenvalue weighted by atomic mass is 10.1. The van der Waals surface area contributed by atoms with E-state index in [1.807, 2.05) is 36.7 Å². The molecule has 2 aromatic heterocycles. The van der Waals surface area contributed by atoms with Crippen molar-refractivity contribution in [1.29, 1.82) is 0 Å². The molecule has 0 atom stereocenters. The van der Waals surface area contributed by atoms with Gasteiger partial charge in [-0.1, -0.05) is 17.7 Å². The van der Waals surface area contributed by atoms with Crippen molar-refractivity contribution in [2.75, 3.05) is 13.6 Å². The van der Waals surface area contributed by atoms with Gasteiger partial charge >= 0.3 is 0 Å². The van der Waals surface area contributed by atoms with E-state index in [2.05, 4.69) is 45.5 Å². The Kier molecular flexibility index (Phi) is 6.20. The average Bonchev–Trinajstić information content (AvgIpc) is 3.15. The summed E-state index contributed by atoms with van der Waals surface area (Å²) in [5.41, 5.74) is 5.50. The molecule has 1 aromatic carbocycles. The predicted octanol–water partition coefficient (Wildman–Crippen LogP) is 3.26. The van der Waals surface area contributed by atoms with Crippen molar-refractivity contribution in [3.05, 3.63) is 71.4 Å². The number of aliphatic imine (C=N–C) groups is 1. The smallest absolute Gasteiger partial charge is 0.226 e. The van der Waals surface area contributed by atoms with Crippen molar-refractivity contribution in [2.24, 2.45) is 4.99 Å². The third kappa shape index (κ3) is 5.17. The van der Waals surface area contributed by atoms with Gasteiger partial charge in [-0.05, 0) is 49.6 Å². The van der Waals surface area contributed by atoms with Crippen LogP contribution in [0.1, 0.15) is 22.4 Å². The van der Waals surface area contributed by atoms with Crippen LogP contribution in [0, 0.1) is 13.8 Å². The first-order valence-corrected chi connectivity index (χ1v) is 9.01. The molecule has 6 nitrogen and oxygen atoms in total. The van der Waals surface area contributed by atoms with E-state index in [1.165, 1.54) is 16.7 Å². The normalized spacial score (nSPS) is 11.4. The molecule has 2 N–H and O–H groups in total. The molecule has 6 heteroatoms. The minimum atomic E-state index is 0.545. The molecule has 0 unspecified atom stereocenters. The molecule has 0 aliphatic carbocycles. The van der Waals surface area contributed by atoms with Crippen molar-refractivity contribution in [1.82, 2.24) is 20.6 Å². The zero-order valence-corrected chi connectivity index (χ0v) is 16.0. The Bertz CT molecular complexity index is 899. The lowest BCUT2D eigenvalue weighted by Gasteiger charge is -2.11. The maximum Gasteiger partial charge on any atom is 0.226 e. The Hall–Kier alpha value is -3.15. The molecule has 0 saturated heterocycles. The highest BCUT2D eigenvalue weighted by molar-refractivity contribution is 5.79. The lowest BCUT2D eigenvalue weighted by molar-refractivity contribution is 0.572. The van der Waals surface area contributed by atoms with Gasteiger partial charge in [-0.3, -0.25) is 9.98 Å². The summed E-state index contributed by atoms with van der Waals surface area (Å²) in [5, 5.41) is 6.58. The number of hydrogen-bond acceptors (Lipinski definition) is 4. The molecule has 0 aliphatic rings. The van der Waals surface area contributed by atoms with Gasteiger partial charge in [0.05, 0.1) is 12.2 Å². The quantitative estimate of drug-likeness (QED) is 0.519. The Balaban J connectivity index is 1.49. The molecule has 0 fully saturated rings. The fraction of sp³-hybridized carbons (Fsp3) is 0.286. The first-order valence-electron chi connectivity index (χ1n) is 9.01. The highest BCUT2D eigenvalue weighted by Gasteiger charge is 2.07. The Labute approximate surface area is 159 Å². The maximum absolute atomic E-state index is 5.59. The van der Waals surface area contributed by atoms with Crippen molar-refractivity contribution < 1.29 is 4.42 Å². The van der Waals surface area contributed by atoms with Gasteiger partial charge in [-0.25, -0.2) is 4.98 Å². The summed E-state index contributed by atoms with van der Waals surface area (Å²) < 4.78 is 5.59. The number of aromatic nitrogens is 2. The first-order chi connectivity index (χ1) is 13.2. The molecule has 0 radical (unpaired) electrons. The molecule has 0 saturated carbocycles. The van der Waals surface area contributed by atoms with E-state index in [4.69, 9.17) is 4.42 Å². The third-order valence-corrected chi connectivity index (χ3v) is 4.33. The number of aryl methyl sites for hydroxylation is 2. The van der Waals surface area contributed by atoms with E-state index in [0.29, 0.717) is 12.4 Å². The number of benzene rings is 1. The number of pyridine rings is 1. The highest BCUT2D eigenvalue weighted by atomic mass is 16.3. The van der Waals surface area contributed by atoms with E-state index in [1.54, 1.807) is 13.3 Å². The van der Waals surface area contributed by atoms with Crippen LogP contribution in [0.5, 0.6) is 0 Å². The van der Waals surface area contributed by atoms with Crippen LogP contribution in [0.3, 0.4) is 0 Å². The van der Waals surface area contributed by atoms with Crippen molar-refractivity contribution in [2.45, 2.75) is 26.8 Å². The number of guanidine groups is 1. The second kappa shape index (κ2) is 8.98. The molecule has 3 rings (SSSR count). The molecule has 2 heterocycles. The first kappa shape index (κ1) is 18.6. The maximum atomic E-state index is 5.59. The van der Waals surface area contributed by atoms with Crippen molar-refractivity contribution in [3.63, 3.8) is 0 Å². The van der Waals surface area contributed by atoms with Crippen LogP contribution in [-0.4, -0.2) is 29.5 Å². The zero-order valence-electron chi connectivity index (χ0n) is 16.0. The minimum absolute atomic E-state index is 0.545. The second-order valence-corrected chi connectivity index (χ2v) is 6.41. The van der Waals surface area contributed by atoms with Gasteiger partial charge in [-0.2, -0.15) is 0 Å². The standard InChI is InChI=1S/C21H25N5O/c1-15-4-6-18(7-5-15)20-26-19(14-27-20)13-25-21(22-3)24-11-9-17-8-10-23-12-16(17)2/h4-8,10,12,14H,9,11,13H2,1-3H3,(H2,22,24,25). The van der Waals surface area contributed by atoms with E-state index >= 15 is 0 Å². The van der Waals surface area contributed by atoms with Gasteiger partial charge in [0.15, 0.2) is 5.96 Å². The number of nitrogens with one attached hydrogen (secondary N) is 2. The second-order valence-electron chi connectivity index (χ2n) is 6.41. The Morgan fingerprint density at radius 1 is 1.11 bits per heavy atom. The third-order valence-electron chi connectivity index (χ3n) is 4.33. The summed E-state index contributed by atoms with van der Waals surface area (Å²) in [7, 11) is 1.76. The van der Waals surface area contributed by atoms with Crippen LogP contribution in [0.4, 0.5) is 0 Å². The van der Waals surface area contributed by atoms with Crippen molar-refractivity contribution in [3.8, 4) is 11.5 Å². The van der Waals surface area contributed by atoms with Crippen molar-refractivity contribution >= 4 is 5.96 Å². The number of hydrogen-bond donors (Lipinski definition) is 2. The van der Waals surface area contributed by atoms with E-state index in [-0.39, 0.29) is 0 Å². The summed E-state index contributed by atoms with van der Waals surface area (Å²) >= 11 is 0. The average molecular weight is 363 g/mol. The van der Waals surface area contributed by atoms with Crippen LogP contribution in [0.15, 0.2) is 58.4 Å². The molecular weight excluding hydrogens is 338 g/mol. The molecule has 0 aliphatic heterocycles. The fourth-order valence-corrected chi connectivity index (χ4v) is 2.71. The Morgan fingerprint density at radius 3 is 2.67 bits per heavy atom. The largest absolute Gasteiger partial charge is 0.444 e. The number of nitrogens with zero attached hydrogens (tertiary/aromatic N) is 3. The van der Waals surface area contributed by atoms with Gasteiger partial charge < -0.3 is 15.1 Å². The molecular formula is C21H25N5O. The molecule has 27 heavy (non-hydrogen) atoms. The monoisotopic (exact) mass is 363 g/mol. The van der Waals surface area contributed by atoms with E-state index in [9.17, 15) is 0 Å². The summed E-state index contributed by atoms with van der Waals surface area (Å²) in [6, 6.07) is 10.2. The minimum Gasteiger partial charge on any atom is -0.444 e. The molecule has 0 spiro atoms. The summed E-state index contributed by atoms with van der Waals surface area (Å²) in [4.78, 5) is 12.9. The number of rotatable bonds is 6. The van der Waals surface area contributed by atoms with Crippen LogP contribution in [-0.2, 0) is 13.0 Å². The lowest BCUT2D eigenvalue weighted by Crippen LogP contribution is -2.38. The van der Waals surface area contributed by atoms with Gasteiger partial charge in [-0.15, -0.1) is 0 Å². The van der Waals surface area contributed by atoms with Gasteiger partial charge in [0.2, 0.25) is 5.89 Å². The Morgan fingerprint density at radius 2 is 1.93 bits per heavy atom. The van der Waals surface area contributed by atoms with Gasteiger partial charge in [0.25, 0.3) is 0 Å². The van der Waals surface area contributed by atoms with Crippen LogP contribution in [0.2, 0.25) is 0 Å². The predicted molar refractivity (Wildman–Crippen MR) is 108 cm³/mol. The molecule has 3 aromatic rings. The number of oxazole rings is 1. The van der Waals surface area contributed by atoms with Gasteiger partial charge in [0, 0.05) is 31.5 Å². The molecule has 140 valence electrons. The van der Waals surface area contributed by atoms with E-state index in [0.717, 1.165) is 30.2 Å². The van der Waals surface area contributed by atoms with Crippen LogP contribution in [0.25, 0.3) is 11.5 Å². The molecule has 0 bridgehead atoms. The highest BCUT2D eigenvalue weighted by Crippen LogP contribution is 2.18. The SMILES string of the molecule is CN=C(NCCc1ccncc1C)NCc1coc(-c2ccc(C)cc2)n1. The van der Waals surface area contributed by atoms with Crippen LogP contribution < -0.4 is 10.6 Å². The molecule has 0 amide bonds. The van der Waals surface area contributed by atoms with E-state index < -0.39 is 0 Å². The van der Waals surface area contributed by atoms with Crippen LogP contribution >= 0.6 is 0 Å². The fourth-order valence-electron chi connectivity index (χ4n) is 2.71. The summed E-state index contributed by atoms with van der Waals surface area (Å²) in [6.45, 7) is 5.47. The zero-order chi connectivity index (χ0) is 19.1. The van der Waals surface area contributed by atoms with Gasteiger partial charge in [0.1, 0.15) is 6.26 Å². The summed E-state index contributed by atoms with van der Waals surface area (Å²) in [6.07, 6.45) is 6.30. The topological polar surface area (TPSA) is 75.3 Å².